The highest BCUT2D eigenvalue weighted by molar-refractivity contribution is 7.11. The second-order valence-electron chi connectivity index (χ2n) is 8.10. The van der Waals surface area contributed by atoms with E-state index in [0.717, 1.165) is 17.2 Å². The van der Waals surface area contributed by atoms with Crippen LogP contribution < -0.4 is 5.32 Å². The molecule has 0 bridgehead atoms. The Hall–Kier alpha value is -1.14. The number of nitrogens with one attached hydrogen (secondary N) is 1. The van der Waals surface area contributed by atoms with Crippen molar-refractivity contribution < 1.29 is 4.79 Å². The SMILES string of the molecule is Cc1nc([C@H](C)N(C)C(=O)NCC2(N3CCCCC3)CCCC2)c(C)s1. The molecule has 6 heteroatoms. The molecule has 5 nitrogen and oxygen atoms in total. The lowest BCUT2D eigenvalue weighted by Crippen LogP contribution is -2.56. The number of likely N-dealkylation sites (tertiary alicyclic amines) is 1. The smallest absolute Gasteiger partial charge is 0.317 e. The zero-order valence-electron chi connectivity index (χ0n) is 16.8. The second kappa shape index (κ2) is 8.26. The van der Waals surface area contributed by atoms with Crippen LogP contribution in [0.25, 0.3) is 0 Å². The van der Waals surface area contributed by atoms with Gasteiger partial charge in [0, 0.05) is 24.0 Å². The van der Waals surface area contributed by atoms with E-state index in [2.05, 4.69) is 29.0 Å². The molecule has 2 aliphatic rings. The molecule has 1 N–H and O–H groups in total. The first-order chi connectivity index (χ1) is 12.4. The number of hydrogen-bond acceptors (Lipinski definition) is 4. The predicted octanol–water partition coefficient (Wildman–Crippen LogP) is 4.26. The molecule has 1 aromatic rings. The second-order valence-corrected chi connectivity index (χ2v) is 9.51. The Bertz CT molecular complexity index is 617. The molecule has 0 radical (unpaired) electrons. The topological polar surface area (TPSA) is 48.5 Å². The Morgan fingerprint density at radius 2 is 1.88 bits per heavy atom. The molecule has 26 heavy (non-hydrogen) atoms. The van der Waals surface area contributed by atoms with Crippen LogP contribution in [0.15, 0.2) is 0 Å². The maximum Gasteiger partial charge on any atom is 0.317 e. The zero-order valence-corrected chi connectivity index (χ0v) is 17.6. The van der Waals surface area contributed by atoms with Crippen LogP contribution in [0.1, 0.15) is 73.5 Å². The molecule has 1 aliphatic heterocycles. The Morgan fingerprint density at radius 3 is 2.46 bits per heavy atom. The fourth-order valence-electron chi connectivity index (χ4n) is 4.66. The van der Waals surface area contributed by atoms with Gasteiger partial charge in [-0.05, 0) is 59.5 Å². The summed E-state index contributed by atoms with van der Waals surface area (Å²) in [6, 6.07) is 0.0142. The number of aryl methyl sites for hydroxylation is 2. The first kappa shape index (κ1) is 19.6. The van der Waals surface area contributed by atoms with E-state index in [4.69, 9.17) is 0 Å². The molecule has 2 fully saturated rings. The maximum absolute atomic E-state index is 12.8. The van der Waals surface area contributed by atoms with Crippen LogP contribution in [0.4, 0.5) is 4.79 Å². The van der Waals surface area contributed by atoms with E-state index in [1.54, 1.807) is 16.2 Å². The molecular weight excluding hydrogens is 344 g/mol. The van der Waals surface area contributed by atoms with Crippen LogP contribution in [0.3, 0.4) is 0 Å². The monoisotopic (exact) mass is 378 g/mol. The molecular formula is C20H34N4OS. The van der Waals surface area contributed by atoms with Gasteiger partial charge in [-0.15, -0.1) is 11.3 Å². The van der Waals surface area contributed by atoms with Gasteiger partial charge in [-0.25, -0.2) is 9.78 Å². The molecule has 146 valence electrons. The number of amides is 2. The number of carbonyl (C=O) groups excluding carboxylic acids is 1. The van der Waals surface area contributed by atoms with E-state index in [1.165, 1.54) is 62.9 Å². The number of thiazole rings is 1. The molecule has 1 aliphatic carbocycles. The summed E-state index contributed by atoms with van der Waals surface area (Å²) in [5.41, 5.74) is 1.21. The Labute approximate surface area is 162 Å². The van der Waals surface area contributed by atoms with E-state index in [-0.39, 0.29) is 17.6 Å². The standard InChI is InChI=1S/C20H34N4OS/c1-15(18-16(2)26-17(3)22-18)23(4)19(25)21-14-20(10-6-7-11-20)24-12-8-5-9-13-24/h15H,5-14H2,1-4H3,(H,21,25)/t15-/m0/s1. The highest BCUT2D eigenvalue weighted by Crippen LogP contribution is 2.36. The first-order valence-corrected chi connectivity index (χ1v) is 10.9. The van der Waals surface area contributed by atoms with Gasteiger partial charge in [0.2, 0.25) is 0 Å². The summed E-state index contributed by atoms with van der Waals surface area (Å²) < 4.78 is 0. The summed E-state index contributed by atoms with van der Waals surface area (Å²) in [5, 5.41) is 4.32. The lowest BCUT2D eigenvalue weighted by Gasteiger charge is -2.44. The Morgan fingerprint density at radius 1 is 1.23 bits per heavy atom. The molecule has 1 atom stereocenters. The lowest BCUT2D eigenvalue weighted by atomic mass is 9.92. The maximum atomic E-state index is 12.8. The molecule has 2 heterocycles. The van der Waals surface area contributed by atoms with Crippen molar-refractivity contribution in [2.24, 2.45) is 0 Å². The van der Waals surface area contributed by atoms with Crippen LogP contribution in [-0.4, -0.2) is 53.0 Å². The zero-order chi connectivity index (χ0) is 18.7. The highest BCUT2D eigenvalue weighted by Gasteiger charge is 2.40. The van der Waals surface area contributed by atoms with Crippen LogP contribution >= 0.6 is 11.3 Å². The largest absolute Gasteiger partial charge is 0.336 e. The first-order valence-electron chi connectivity index (χ1n) is 10.1. The fourth-order valence-corrected chi connectivity index (χ4v) is 5.57. The van der Waals surface area contributed by atoms with Gasteiger partial charge < -0.3 is 10.2 Å². The fraction of sp³-hybridized carbons (Fsp3) is 0.800. The van der Waals surface area contributed by atoms with Crippen molar-refractivity contribution in [3.63, 3.8) is 0 Å². The van der Waals surface area contributed by atoms with Crippen LogP contribution in [-0.2, 0) is 0 Å². The van der Waals surface area contributed by atoms with E-state index >= 15 is 0 Å². The van der Waals surface area contributed by atoms with Gasteiger partial charge in [0.25, 0.3) is 0 Å². The van der Waals surface area contributed by atoms with E-state index in [0.29, 0.717) is 0 Å². The summed E-state index contributed by atoms with van der Waals surface area (Å²) in [4.78, 5) is 23.1. The number of piperidine rings is 1. The van der Waals surface area contributed by atoms with Gasteiger partial charge in [0.1, 0.15) is 0 Å². The predicted molar refractivity (Wildman–Crippen MR) is 108 cm³/mol. The van der Waals surface area contributed by atoms with Gasteiger partial charge in [0.15, 0.2) is 0 Å². The van der Waals surface area contributed by atoms with E-state index in [9.17, 15) is 4.79 Å². The number of rotatable bonds is 5. The van der Waals surface area contributed by atoms with E-state index < -0.39 is 0 Å². The van der Waals surface area contributed by atoms with Gasteiger partial charge in [-0.1, -0.05) is 19.3 Å². The third-order valence-corrected chi connectivity index (χ3v) is 7.27. The Balaban J connectivity index is 1.62. The number of urea groups is 1. The molecule has 0 spiro atoms. The quantitative estimate of drug-likeness (QED) is 0.833. The number of nitrogens with zero attached hydrogens (tertiary/aromatic N) is 3. The van der Waals surface area contributed by atoms with Crippen molar-refractivity contribution in [2.45, 2.75) is 77.3 Å². The van der Waals surface area contributed by atoms with Crippen molar-refractivity contribution in [2.75, 3.05) is 26.7 Å². The summed E-state index contributed by atoms with van der Waals surface area (Å²) >= 11 is 1.70. The van der Waals surface area contributed by atoms with Crippen LogP contribution in [0, 0.1) is 13.8 Å². The summed E-state index contributed by atoms with van der Waals surface area (Å²) in [5.74, 6) is 0. The normalized spacial score (nSPS) is 21.5. The molecule has 3 rings (SSSR count). The number of carbonyl (C=O) groups is 1. The van der Waals surface area contributed by atoms with Crippen molar-refractivity contribution >= 4 is 17.4 Å². The van der Waals surface area contributed by atoms with Crippen molar-refractivity contribution in [1.82, 2.24) is 20.1 Å². The minimum absolute atomic E-state index is 0.00513. The average Bonchev–Trinajstić information content (AvgIpc) is 3.26. The summed E-state index contributed by atoms with van der Waals surface area (Å²) in [7, 11) is 1.89. The highest BCUT2D eigenvalue weighted by atomic mass is 32.1. The number of hydrogen-bond donors (Lipinski definition) is 1. The van der Waals surface area contributed by atoms with Crippen LogP contribution in [0.2, 0.25) is 0 Å². The Kier molecular flexibility index (Phi) is 6.23. The van der Waals surface area contributed by atoms with Gasteiger partial charge in [-0.2, -0.15) is 0 Å². The van der Waals surface area contributed by atoms with E-state index in [1.807, 2.05) is 14.0 Å². The summed E-state index contributed by atoms with van der Waals surface area (Å²) in [6.45, 7) is 9.34. The molecule has 1 saturated carbocycles. The molecule has 1 aromatic heterocycles. The van der Waals surface area contributed by atoms with Crippen molar-refractivity contribution in [1.29, 1.82) is 0 Å². The third-order valence-electron chi connectivity index (χ3n) is 6.37. The van der Waals surface area contributed by atoms with Crippen LogP contribution in [0.5, 0.6) is 0 Å². The lowest BCUT2D eigenvalue weighted by molar-refractivity contribution is 0.0699. The molecule has 1 saturated heterocycles. The minimum Gasteiger partial charge on any atom is -0.336 e. The van der Waals surface area contributed by atoms with Gasteiger partial charge in [0.05, 0.1) is 16.7 Å². The van der Waals surface area contributed by atoms with Gasteiger partial charge >= 0.3 is 6.03 Å². The summed E-state index contributed by atoms with van der Waals surface area (Å²) in [6.07, 6.45) is 8.97. The van der Waals surface area contributed by atoms with Gasteiger partial charge in [-0.3, -0.25) is 4.90 Å². The average molecular weight is 379 g/mol. The van der Waals surface area contributed by atoms with Crippen molar-refractivity contribution in [3.8, 4) is 0 Å². The van der Waals surface area contributed by atoms with Crippen molar-refractivity contribution in [3.05, 3.63) is 15.6 Å². The minimum atomic E-state index is -0.00513. The third kappa shape index (κ3) is 4.06. The molecule has 0 aromatic carbocycles. The number of aromatic nitrogens is 1. The molecule has 2 amide bonds. The molecule has 0 unspecified atom stereocenters.